The zero-order valence-corrected chi connectivity index (χ0v) is 27.2. The molecule has 0 radical (unpaired) electrons. The van der Waals surface area contributed by atoms with Crippen LogP contribution in [0.5, 0.6) is 0 Å². The van der Waals surface area contributed by atoms with E-state index >= 15 is 0 Å². The van der Waals surface area contributed by atoms with E-state index in [2.05, 4.69) is 32.9 Å². The number of carbonyl (C=O) groups is 2. The number of rotatable bonds is 10. The molecule has 3 aliphatic rings. The van der Waals surface area contributed by atoms with Crippen molar-refractivity contribution in [3.63, 3.8) is 0 Å². The van der Waals surface area contributed by atoms with E-state index in [-0.39, 0.29) is 18.6 Å². The van der Waals surface area contributed by atoms with E-state index in [4.69, 9.17) is 11.3 Å². The minimum atomic E-state index is -1.50. The molecule has 4 aromatic rings. The number of hydrogen-bond acceptors (Lipinski definition) is 9. The summed E-state index contributed by atoms with van der Waals surface area (Å²) in [7, 11) is 0. The molecule has 3 unspecified atom stereocenters. The molecule has 6 N–H and O–H groups in total. The van der Waals surface area contributed by atoms with Gasteiger partial charge in [-0.1, -0.05) is 54.9 Å². The molecule has 47 heavy (non-hydrogen) atoms. The van der Waals surface area contributed by atoms with Gasteiger partial charge in [0.15, 0.2) is 5.13 Å². The van der Waals surface area contributed by atoms with Crippen molar-refractivity contribution in [1.82, 2.24) is 10.3 Å². The van der Waals surface area contributed by atoms with Gasteiger partial charge < -0.3 is 5.32 Å². The molecule has 3 aliphatic carbocycles. The van der Waals surface area contributed by atoms with Crippen LogP contribution in [-0.4, -0.2) is 34.0 Å². The van der Waals surface area contributed by atoms with Crippen LogP contribution >= 0.6 is 11.3 Å². The lowest BCUT2D eigenvalue weighted by Crippen LogP contribution is -2.51. The van der Waals surface area contributed by atoms with Crippen LogP contribution < -0.4 is 26.3 Å². The summed E-state index contributed by atoms with van der Waals surface area (Å²) in [4.78, 5) is 32.9. The summed E-state index contributed by atoms with van der Waals surface area (Å²) < 4.78 is 0.883. The number of thiazole rings is 1. The Morgan fingerprint density at radius 3 is 2.34 bits per heavy atom. The fourth-order valence-corrected chi connectivity index (χ4v) is 7.93. The third kappa shape index (κ3) is 6.58. The summed E-state index contributed by atoms with van der Waals surface area (Å²) in [5, 5.41) is 21.4. The number of fused-ring (bicyclic) bond motifs is 2. The summed E-state index contributed by atoms with van der Waals surface area (Å²) in [6, 6.07) is 20.8. The second-order valence-corrected chi connectivity index (χ2v) is 14.3. The van der Waals surface area contributed by atoms with Crippen molar-refractivity contribution < 1.29 is 14.8 Å². The highest BCUT2D eigenvalue weighted by atomic mass is 32.1. The zero-order valence-electron chi connectivity index (χ0n) is 26.4. The van der Waals surface area contributed by atoms with Crippen molar-refractivity contribution in [1.29, 1.82) is 5.53 Å². The highest BCUT2D eigenvalue weighted by Crippen LogP contribution is 2.58. The van der Waals surface area contributed by atoms with Gasteiger partial charge in [-0.05, 0) is 104 Å². The Labute approximate surface area is 277 Å². The first-order valence-corrected chi connectivity index (χ1v) is 17.2. The smallest absolute Gasteiger partial charge is 0.314 e. The summed E-state index contributed by atoms with van der Waals surface area (Å²) in [6.07, 6.45) is 8.54. The van der Waals surface area contributed by atoms with E-state index < -0.39 is 11.7 Å². The first kappa shape index (κ1) is 31.2. The van der Waals surface area contributed by atoms with Crippen molar-refractivity contribution in [2.24, 2.45) is 22.7 Å². The van der Waals surface area contributed by atoms with Crippen LogP contribution in [-0.2, 0) is 6.54 Å². The summed E-state index contributed by atoms with van der Waals surface area (Å²) in [6.45, 7) is 1.69. The first-order chi connectivity index (χ1) is 22.7. The Balaban J connectivity index is 1.10. The van der Waals surface area contributed by atoms with Crippen molar-refractivity contribution >= 4 is 50.0 Å². The number of carbonyl (C=O) groups excluding carboxylic acids is 2. The van der Waals surface area contributed by atoms with E-state index in [1.54, 1.807) is 29.2 Å². The number of hydrogen-bond donors (Lipinski definition) is 5. The lowest BCUT2D eigenvalue weighted by molar-refractivity contribution is 0.0907. The van der Waals surface area contributed by atoms with E-state index in [0.29, 0.717) is 28.4 Å². The fraction of sp³-hybridized carbons (Fsp3) is 0.400. The van der Waals surface area contributed by atoms with Crippen LogP contribution in [0.2, 0.25) is 0 Å². The predicted octanol–water partition coefficient (Wildman–Crippen LogP) is 7.58. The van der Waals surface area contributed by atoms with Gasteiger partial charge in [-0.2, -0.15) is 5.11 Å². The molecule has 1 heterocycles. The Bertz CT molecular complexity index is 1770. The van der Waals surface area contributed by atoms with Crippen molar-refractivity contribution in [3.8, 4) is 0 Å². The lowest BCUT2D eigenvalue weighted by Gasteiger charge is -2.25. The van der Waals surface area contributed by atoms with Gasteiger partial charge in [0, 0.05) is 11.3 Å². The SMILES string of the molecule is CC(N)(N=N)NC(=O)c1ccc(CN(C(=O)Nc2nc3ccc(N(O)C4C5CCC54)cc3s2)c2ccc(C3CCCCC3)cc2)cc1. The normalized spacial score (nSPS) is 21.6. The molecule has 11 nitrogen and oxygen atoms in total. The minimum Gasteiger partial charge on any atom is -0.314 e. The number of nitrogens with one attached hydrogen (secondary N) is 3. The topological polar surface area (TPSA) is 160 Å². The first-order valence-electron chi connectivity index (χ1n) is 16.4. The molecule has 12 heteroatoms. The third-order valence-electron chi connectivity index (χ3n) is 9.93. The van der Waals surface area contributed by atoms with Gasteiger partial charge in [0.2, 0.25) is 5.79 Å². The fourth-order valence-electron chi connectivity index (χ4n) is 7.04. The van der Waals surface area contributed by atoms with Gasteiger partial charge in [0.1, 0.15) is 0 Å². The second kappa shape index (κ2) is 12.7. The van der Waals surface area contributed by atoms with E-state index in [1.807, 2.05) is 30.3 Å². The average Bonchev–Trinajstić information content (AvgIpc) is 3.38. The largest absolute Gasteiger partial charge is 0.328 e. The third-order valence-corrected chi connectivity index (χ3v) is 10.9. The van der Waals surface area contributed by atoms with E-state index in [1.165, 1.54) is 73.8 Å². The predicted molar refractivity (Wildman–Crippen MR) is 183 cm³/mol. The van der Waals surface area contributed by atoms with Gasteiger partial charge in [0.05, 0.1) is 28.5 Å². The molecule has 244 valence electrons. The Morgan fingerprint density at radius 1 is 1.00 bits per heavy atom. The highest BCUT2D eigenvalue weighted by molar-refractivity contribution is 7.22. The average molecular weight is 653 g/mol. The molecule has 0 bridgehead atoms. The number of hydroxylamine groups is 1. The Hall–Kier alpha value is -4.39. The van der Waals surface area contributed by atoms with Crippen molar-refractivity contribution in [2.45, 2.75) is 76.2 Å². The van der Waals surface area contributed by atoms with Gasteiger partial charge in [-0.15, -0.1) is 0 Å². The summed E-state index contributed by atoms with van der Waals surface area (Å²) >= 11 is 1.37. The van der Waals surface area contributed by atoms with Crippen LogP contribution in [0.25, 0.3) is 10.2 Å². The molecule has 0 saturated heterocycles. The maximum absolute atomic E-state index is 13.9. The monoisotopic (exact) mass is 652 g/mol. The van der Waals surface area contributed by atoms with Crippen molar-refractivity contribution in [2.75, 3.05) is 15.3 Å². The Kier molecular flexibility index (Phi) is 8.41. The second-order valence-electron chi connectivity index (χ2n) is 13.3. The van der Waals surface area contributed by atoms with Gasteiger partial charge in [-0.3, -0.25) is 31.0 Å². The minimum absolute atomic E-state index is 0.209. The number of aromatic nitrogens is 1. The van der Waals surface area contributed by atoms with Crippen LogP contribution in [0.1, 0.15) is 79.3 Å². The van der Waals surface area contributed by atoms with Gasteiger partial charge in [-0.25, -0.2) is 15.3 Å². The van der Waals surface area contributed by atoms with Gasteiger partial charge >= 0.3 is 6.03 Å². The van der Waals surface area contributed by atoms with Gasteiger partial charge in [0.25, 0.3) is 5.91 Å². The number of benzene rings is 3. The molecule has 3 aromatic carbocycles. The molecule has 0 aliphatic heterocycles. The molecule has 3 amide bonds. The number of anilines is 3. The zero-order chi connectivity index (χ0) is 32.7. The summed E-state index contributed by atoms with van der Waals surface area (Å²) in [5.41, 5.74) is 17.7. The van der Waals surface area contributed by atoms with Crippen LogP contribution in [0.15, 0.2) is 71.8 Å². The molecular weight excluding hydrogens is 613 g/mol. The van der Waals surface area contributed by atoms with Crippen molar-refractivity contribution in [3.05, 3.63) is 83.4 Å². The van der Waals surface area contributed by atoms with E-state index in [0.717, 1.165) is 27.2 Å². The molecule has 3 atom stereocenters. The maximum atomic E-state index is 13.9. The van der Waals surface area contributed by atoms with Crippen LogP contribution in [0.3, 0.4) is 0 Å². The highest BCUT2D eigenvalue weighted by Gasteiger charge is 2.59. The number of nitrogens with two attached hydrogens (primary N) is 1. The summed E-state index contributed by atoms with van der Waals surface area (Å²) in [5.74, 6) is -0.179. The Morgan fingerprint density at radius 2 is 1.68 bits per heavy atom. The van der Waals surface area contributed by atoms with Crippen LogP contribution in [0, 0.1) is 17.4 Å². The molecule has 1 aromatic heterocycles. The number of urea groups is 1. The standard InChI is InChI=1S/C35H40N8O3S/c1-35(36,41-37)40-32(44)24-9-7-21(8-10-24)20-42(25-13-11-23(12-14-25)22-5-3-2-4-6-22)34(45)39-33-38-29-18-15-26(19-30(29)47-33)43(46)31-27-16-17-28(27)31/h7-15,18-19,22,27-28,31,37,46H,2-6,16-17,20,36H2,1H3,(H,40,44)(H,38,39,45). The quantitative estimate of drug-likeness (QED) is 0.0674. The molecule has 3 saturated carbocycles. The number of amides is 3. The molecular formula is C35H40N8O3S. The van der Waals surface area contributed by atoms with E-state index in [9.17, 15) is 14.8 Å². The molecule has 7 rings (SSSR count). The van der Waals surface area contributed by atoms with Crippen LogP contribution in [0.4, 0.5) is 21.3 Å². The molecule has 3 fully saturated rings. The maximum Gasteiger partial charge on any atom is 0.328 e. The lowest BCUT2D eigenvalue weighted by atomic mass is 9.84. The molecule has 0 spiro atoms. The number of nitrogens with zero attached hydrogens (tertiary/aromatic N) is 4.